The summed E-state index contributed by atoms with van der Waals surface area (Å²) in [5.74, 6) is -1.36. The van der Waals surface area contributed by atoms with E-state index in [2.05, 4.69) is 5.32 Å². The number of halogens is 2. The van der Waals surface area contributed by atoms with E-state index in [0.717, 1.165) is 11.3 Å². The molecule has 0 aliphatic carbocycles. The summed E-state index contributed by atoms with van der Waals surface area (Å²) in [6, 6.07) is 11.5. The summed E-state index contributed by atoms with van der Waals surface area (Å²) in [6.45, 7) is 2.25. The molecule has 2 amide bonds. The molecule has 3 rings (SSSR count). The van der Waals surface area contributed by atoms with E-state index >= 15 is 0 Å². The summed E-state index contributed by atoms with van der Waals surface area (Å²) in [5.41, 5.74) is 2.22. The molecule has 1 fully saturated rings. The minimum absolute atomic E-state index is 0.0585. The molecule has 1 heterocycles. The minimum Gasteiger partial charge on any atom is -0.326 e. The van der Waals surface area contributed by atoms with Crippen LogP contribution >= 0.6 is 11.6 Å². The van der Waals surface area contributed by atoms with Crippen LogP contribution in [0.3, 0.4) is 0 Å². The van der Waals surface area contributed by atoms with Crippen LogP contribution < -0.4 is 10.2 Å². The van der Waals surface area contributed by atoms with E-state index in [1.807, 2.05) is 31.2 Å². The van der Waals surface area contributed by atoms with Gasteiger partial charge in [0.05, 0.1) is 10.9 Å². The molecule has 0 radical (unpaired) electrons. The molecular formula is C18H16ClFN2O2. The lowest BCUT2D eigenvalue weighted by Gasteiger charge is -2.19. The zero-order valence-corrected chi connectivity index (χ0v) is 13.8. The van der Waals surface area contributed by atoms with Gasteiger partial charge in [0.1, 0.15) is 5.82 Å². The van der Waals surface area contributed by atoms with E-state index in [-0.39, 0.29) is 23.3 Å². The maximum absolute atomic E-state index is 13.2. The molecule has 1 aliphatic heterocycles. The van der Waals surface area contributed by atoms with E-state index in [1.54, 1.807) is 4.90 Å². The fourth-order valence-corrected chi connectivity index (χ4v) is 2.98. The van der Waals surface area contributed by atoms with Gasteiger partial charge in [-0.3, -0.25) is 9.59 Å². The van der Waals surface area contributed by atoms with Crippen LogP contribution in [0.1, 0.15) is 12.0 Å². The van der Waals surface area contributed by atoms with Gasteiger partial charge in [0, 0.05) is 24.3 Å². The average molecular weight is 347 g/mol. The largest absolute Gasteiger partial charge is 0.326 e. The van der Waals surface area contributed by atoms with E-state index in [0.29, 0.717) is 12.2 Å². The number of anilines is 2. The molecule has 6 heteroatoms. The topological polar surface area (TPSA) is 49.4 Å². The van der Waals surface area contributed by atoms with Crippen molar-refractivity contribution in [2.45, 2.75) is 13.3 Å². The molecule has 2 aromatic carbocycles. The lowest BCUT2D eigenvalue weighted by Crippen LogP contribution is -2.28. The Kier molecular flexibility index (Phi) is 4.53. The monoisotopic (exact) mass is 346 g/mol. The third-order valence-electron chi connectivity index (χ3n) is 4.09. The summed E-state index contributed by atoms with van der Waals surface area (Å²) in [6.07, 6.45) is 0.148. The average Bonchev–Trinajstić information content (AvgIpc) is 2.93. The van der Waals surface area contributed by atoms with Crippen LogP contribution in [0.2, 0.25) is 5.02 Å². The number of hydrogen-bond acceptors (Lipinski definition) is 2. The van der Waals surface area contributed by atoms with Crippen LogP contribution in [0.25, 0.3) is 0 Å². The Hall–Kier alpha value is -2.40. The Balaban J connectivity index is 1.72. The number of para-hydroxylation sites is 1. The summed E-state index contributed by atoms with van der Waals surface area (Å²) < 4.78 is 13.2. The van der Waals surface area contributed by atoms with Crippen LogP contribution in [-0.2, 0) is 9.59 Å². The van der Waals surface area contributed by atoms with E-state index in [1.165, 1.54) is 18.2 Å². The molecule has 0 aromatic heterocycles. The number of benzene rings is 2. The number of rotatable bonds is 3. The van der Waals surface area contributed by atoms with E-state index in [9.17, 15) is 14.0 Å². The van der Waals surface area contributed by atoms with Gasteiger partial charge in [-0.05, 0) is 36.8 Å². The quantitative estimate of drug-likeness (QED) is 0.919. The number of aryl methyl sites for hydroxylation is 1. The minimum atomic E-state index is -0.545. The first kappa shape index (κ1) is 16.5. The highest BCUT2D eigenvalue weighted by Crippen LogP contribution is 2.28. The highest BCUT2D eigenvalue weighted by atomic mass is 35.5. The lowest BCUT2D eigenvalue weighted by atomic mass is 10.1. The number of nitrogens with zero attached hydrogens (tertiary/aromatic N) is 1. The van der Waals surface area contributed by atoms with Crippen molar-refractivity contribution in [1.82, 2.24) is 0 Å². The van der Waals surface area contributed by atoms with Gasteiger partial charge in [-0.15, -0.1) is 0 Å². The standard InChI is InChI=1S/C18H16ClFN2O2/c1-11-4-2-3-5-16(11)22-10-12(8-17(22)23)18(24)21-13-6-7-15(20)14(19)9-13/h2-7,9,12H,8,10H2,1H3,(H,21,24)/t12-/m1/s1. The number of hydrogen-bond donors (Lipinski definition) is 1. The second-order valence-corrected chi connectivity index (χ2v) is 6.22. The molecule has 124 valence electrons. The summed E-state index contributed by atoms with van der Waals surface area (Å²) >= 11 is 5.71. The predicted octanol–water partition coefficient (Wildman–Crippen LogP) is 3.78. The van der Waals surface area contributed by atoms with Crippen molar-refractivity contribution < 1.29 is 14.0 Å². The van der Waals surface area contributed by atoms with Crippen LogP contribution in [0.4, 0.5) is 15.8 Å². The van der Waals surface area contributed by atoms with Crippen LogP contribution in [0, 0.1) is 18.7 Å². The molecule has 0 spiro atoms. The Morgan fingerprint density at radius 1 is 1.29 bits per heavy atom. The number of nitrogens with one attached hydrogen (secondary N) is 1. The molecule has 1 N–H and O–H groups in total. The number of carbonyl (C=O) groups excluding carboxylic acids is 2. The summed E-state index contributed by atoms with van der Waals surface area (Å²) in [4.78, 5) is 26.3. The molecular weight excluding hydrogens is 331 g/mol. The molecule has 2 aromatic rings. The Labute approximate surface area is 144 Å². The molecule has 0 saturated carbocycles. The maximum atomic E-state index is 13.2. The molecule has 0 unspecified atom stereocenters. The normalized spacial score (nSPS) is 17.2. The summed E-state index contributed by atoms with van der Waals surface area (Å²) in [5, 5.41) is 2.63. The van der Waals surface area contributed by atoms with Crippen LogP contribution in [0.5, 0.6) is 0 Å². The second kappa shape index (κ2) is 6.61. The molecule has 1 atom stereocenters. The van der Waals surface area contributed by atoms with Crippen molar-refractivity contribution in [2.24, 2.45) is 5.92 Å². The fourth-order valence-electron chi connectivity index (χ4n) is 2.80. The first-order chi connectivity index (χ1) is 11.5. The maximum Gasteiger partial charge on any atom is 0.229 e. The second-order valence-electron chi connectivity index (χ2n) is 5.81. The van der Waals surface area contributed by atoms with Crippen molar-refractivity contribution in [3.63, 3.8) is 0 Å². The third kappa shape index (κ3) is 3.26. The molecule has 24 heavy (non-hydrogen) atoms. The van der Waals surface area contributed by atoms with Crippen molar-refractivity contribution in [3.8, 4) is 0 Å². The van der Waals surface area contributed by atoms with Gasteiger partial charge in [-0.1, -0.05) is 29.8 Å². The zero-order valence-electron chi connectivity index (χ0n) is 13.1. The van der Waals surface area contributed by atoms with Gasteiger partial charge in [-0.2, -0.15) is 0 Å². The molecule has 1 saturated heterocycles. The highest BCUT2D eigenvalue weighted by molar-refractivity contribution is 6.31. The smallest absolute Gasteiger partial charge is 0.229 e. The van der Waals surface area contributed by atoms with Gasteiger partial charge in [-0.25, -0.2) is 4.39 Å². The Morgan fingerprint density at radius 3 is 2.75 bits per heavy atom. The molecule has 1 aliphatic rings. The Bertz CT molecular complexity index is 809. The summed E-state index contributed by atoms with van der Waals surface area (Å²) in [7, 11) is 0. The van der Waals surface area contributed by atoms with Gasteiger partial charge < -0.3 is 10.2 Å². The lowest BCUT2D eigenvalue weighted by molar-refractivity contribution is -0.122. The van der Waals surface area contributed by atoms with Crippen molar-refractivity contribution in [3.05, 3.63) is 58.9 Å². The number of amides is 2. The fraction of sp³-hybridized carbons (Fsp3) is 0.222. The van der Waals surface area contributed by atoms with E-state index < -0.39 is 11.7 Å². The first-order valence-corrected chi connectivity index (χ1v) is 7.95. The van der Waals surface area contributed by atoms with E-state index in [4.69, 9.17) is 11.6 Å². The predicted molar refractivity (Wildman–Crippen MR) is 91.7 cm³/mol. The van der Waals surface area contributed by atoms with Gasteiger partial charge in [0.15, 0.2) is 0 Å². The van der Waals surface area contributed by atoms with Crippen molar-refractivity contribution in [2.75, 3.05) is 16.8 Å². The van der Waals surface area contributed by atoms with Crippen LogP contribution in [0.15, 0.2) is 42.5 Å². The highest BCUT2D eigenvalue weighted by Gasteiger charge is 2.35. The number of carbonyl (C=O) groups is 2. The van der Waals surface area contributed by atoms with Crippen LogP contribution in [-0.4, -0.2) is 18.4 Å². The molecule has 4 nitrogen and oxygen atoms in total. The van der Waals surface area contributed by atoms with Gasteiger partial charge in [0.2, 0.25) is 11.8 Å². The molecule has 0 bridgehead atoms. The zero-order chi connectivity index (χ0) is 17.3. The van der Waals surface area contributed by atoms with Crippen molar-refractivity contribution >= 4 is 34.8 Å². The third-order valence-corrected chi connectivity index (χ3v) is 4.38. The van der Waals surface area contributed by atoms with Crippen molar-refractivity contribution in [1.29, 1.82) is 0 Å². The first-order valence-electron chi connectivity index (χ1n) is 7.57. The SMILES string of the molecule is Cc1ccccc1N1C[C@H](C(=O)Nc2ccc(F)c(Cl)c2)CC1=O. The van der Waals surface area contributed by atoms with Gasteiger partial charge in [0.25, 0.3) is 0 Å². The van der Waals surface area contributed by atoms with Gasteiger partial charge >= 0.3 is 0 Å². The Morgan fingerprint density at radius 2 is 2.04 bits per heavy atom.